The lowest BCUT2D eigenvalue weighted by molar-refractivity contribution is 0.424. The van der Waals surface area contributed by atoms with Crippen molar-refractivity contribution < 1.29 is 0 Å². The summed E-state index contributed by atoms with van der Waals surface area (Å²) in [5.74, 6) is 0.706. The Hall–Kier alpha value is -0.530. The zero-order chi connectivity index (χ0) is 13.9. The summed E-state index contributed by atoms with van der Waals surface area (Å²) < 4.78 is 0. The quantitative estimate of drug-likeness (QED) is 0.590. The second-order valence-corrected chi connectivity index (χ2v) is 5.77. The molecule has 0 saturated carbocycles. The van der Waals surface area contributed by atoms with Crippen LogP contribution in [0.15, 0.2) is 24.3 Å². The van der Waals surface area contributed by atoms with Crippen molar-refractivity contribution in [1.29, 1.82) is 0 Å². The van der Waals surface area contributed by atoms with Crippen LogP contribution >= 0.6 is 11.6 Å². The Morgan fingerprint density at radius 2 is 1.89 bits per heavy atom. The normalized spacial score (nSPS) is 12.6. The maximum absolute atomic E-state index is 6.27. The van der Waals surface area contributed by atoms with Crippen molar-refractivity contribution in [3.8, 4) is 0 Å². The average Bonchev–Trinajstić information content (AvgIpc) is 2.41. The van der Waals surface area contributed by atoms with Crippen molar-refractivity contribution in [2.45, 2.75) is 52.4 Å². The van der Waals surface area contributed by atoms with E-state index in [4.69, 9.17) is 11.6 Å². The number of hydrogen-bond donors (Lipinski definition) is 1. The van der Waals surface area contributed by atoms with Crippen molar-refractivity contribution in [2.24, 2.45) is 5.92 Å². The third kappa shape index (κ3) is 6.98. The van der Waals surface area contributed by atoms with Crippen molar-refractivity contribution in [3.05, 3.63) is 34.9 Å². The van der Waals surface area contributed by atoms with Crippen LogP contribution in [0.1, 0.15) is 51.5 Å². The number of nitrogens with one attached hydrogen (secondary N) is 1. The molecule has 0 fully saturated rings. The minimum absolute atomic E-state index is 0.706. The van der Waals surface area contributed by atoms with Gasteiger partial charge in [-0.1, -0.05) is 62.9 Å². The second kappa shape index (κ2) is 10.3. The third-order valence-electron chi connectivity index (χ3n) is 3.54. The monoisotopic (exact) mass is 281 g/mol. The Bertz CT molecular complexity index is 328. The van der Waals surface area contributed by atoms with E-state index in [1.54, 1.807) is 0 Å². The van der Waals surface area contributed by atoms with Crippen LogP contribution in [-0.2, 0) is 6.42 Å². The molecule has 0 aliphatic carbocycles. The fourth-order valence-electron chi connectivity index (χ4n) is 2.42. The highest BCUT2D eigenvalue weighted by Gasteiger charge is 2.11. The zero-order valence-corrected chi connectivity index (χ0v) is 13.2. The first-order valence-corrected chi connectivity index (χ1v) is 8.09. The largest absolute Gasteiger partial charge is 0.316 e. The number of halogens is 1. The van der Waals surface area contributed by atoms with E-state index in [0.29, 0.717) is 5.92 Å². The van der Waals surface area contributed by atoms with E-state index in [0.717, 1.165) is 24.5 Å². The predicted molar refractivity (Wildman–Crippen MR) is 85.9 cm³/mol. The lowest BCUT2D eigenvalue weighted by Gasteiger charge is -2.18. The average molecular weight is 282 g/mol. The summed E-state index contributed by atoms with van der Waals surface area (Å²) in [6.45, 7) is 6.71. The molecule has 19 heavy (non-hydrogen) atoms. The van der Waals surface area contributed by atoms with Gasteiger partial charge in [-0.25, -0.2) is 0 Å². The van der Waals surface area contributed by atoms with Gasteiger partial charge in [-0.3, -0.25) is 0 Å². The number of rotatable bonds is 10. The van der Waals surface area contributed by atoms with Crippen LogP contribution in [0, 0.1) is 5.92 Å². The van der Waals surface area contributed by atoms with Gasteiger partial charge in [0.1, 0.15) is 0 Å². The molecule has 0 amide bonds. The molecule has 2 heteroatoms. The van der Waals surface area contributed by atoms with Crippen LogP contribution in [0.5, 0.6) is 0 Å². The molecule has 108 valence electrons. The van der Waals surface area contributed by atoms with Crippen LogP contribution in [0.25, 0.3) is 0 Å². The van der Waals surface area contributed by atoms with Crippen molar-refractivity contribution >= 4 is 11.6 Å². The molecular formula is C17H28ClN. The topological polar surface area (TPSA) is 12.0 Å². The first-order chi connectivity index (χ1) is 9.27. The van der Waals surface area contributed by atoms with Gasteiger partial charge in [0.15, 0.2) is 0 Å². The fraction of sp³-hybridized carbons (Fsp3) is 0.647. The lowest BCUT2D eigenvalue weighted by Crippen LogP contribution is -2.25. The molecule has 1 N–H and O–H groups in total. The van der Waals surface area contributed by atoms with Gasteiger partial charge in [0, 0.05) is 5.02 Å². The van der Waals surface area contributed by atoms with E-state index >= 15 is 0 Å². The van der Waals surface area contributed by atoms with Gasteiger partial charge in [-0.2, -0.15) is 0 Å². The third-order valence-corrected chi connectivity index (χ3v) is 3.91. The fourth-order valence-corrected chi connectivity index (χ4v) is 2.63. The first-order valence-electron chi connectivity index (χ1n) is 7.72. The number of benzene rings is 1. The second-order valence-electron chi connectivity index (χ2n) is 5.36. The standard InChI is InChI=1S/C17H28ClN/c1-3-5-6-9-15(14-19-12-4-2)13-16-10-7-8-11-17(16)18/h7-8,10-11,15,19H,3-6,9,12-14H2,1-2H3. The van der Waals surface area contributed by atoms with E-state index in [1.165, 1.54) is 37.7 Å². The Labute approximate surface area is 123 Å². The number of unbranched alkanes of at least 4 members (excludes halogenated alkanes) is 2. The van der Waals surface area contributed by atoms with Crippen molar-refractivity contribution in [2.75, 3.05) is 13.1 Å². The van der Waals surface area contributed by atoms with Gasteiger partial charge >= 0.3 is 0 Å². The van der Waals surface area contributed by atoms with Crippen LogP contribution in [-0.4, -0.2) is 13.1 Å². The Morgan fingerprint density at radius 1 is 1.11 bits per heavy atom. The maximum Gasteiger partial charge on any atom is 0.0438 e. The summed E-state index contributed by atoms with van der Waals surface area (Å²) in [5, 5.41) is 4.47. The summed E-state index contributed by atoms with van der Waals surface area (Å²) >= 11 is 6.27. The van der Waals surface area contributed by atoms with Crippen LogP contribution in [0.2, 0.25) is 5.02 Å². The van der Waals surface area contributed by atoms with Crippen LogP contribution < -0.4 is 5.32 Å². The molecule has 0 aliphatic rings. The molecule has 0 bridgehead atoms. The molecule has 0 aliphatic heterocycles. The van der Waals surface area contributed by atoms with Gasteiger partial charge in [-0.05, 0) is 49.9 Å². The molecule has 1 rings (SSSR count). The van der Waals surface area contributed by atoms with E-state index in [-0.39, 0.29) is 0 Å². The predicted octanol–water partition coefficient (Wildman–Crippen LogP) is 5.08. The van der Waals surface area contributed by atoms with Gasteiger partial charge in [-0.15, -0.1) is 0 Å². The van der Waals surface area contributed by atoms with Gasteiger partial charge in [0.25, 0.3) is 0 Å². The van der Waals surface area contributed by atoms with Crippen molar-refractivity contribution in [1.82, 2.24) is 5.32 Å². The molecule has 1 aromatic carbocycles. The van der Waals surface area contributed by atoms with Crippen molar-refractivity contribution in [3.63, 3.8) is 0 Å². The van der Waals surface area contributed by atoms with E-state index in [9.17, 15) is 0 Å². The highest BCUT2D eigenvalue weighted by atomic mass is 35.5. The Morgan fingerprint density at radius 3 is 2.58 bits per heavy atom. The summed E-state index contributed by atoms with van der Waals surface area (Å²) in [5.41, 5.74) is 1.30. The molecule has 1 aromatic rings. The molecule has 1 unspecified atom stereocenters. The summed E-state index contributed by atoms with van der Waals surface area (Å²) in [7, 11) is 0. The van der Waals surface area contributed by atoms with E-state index in [1.807, 2.05) is 12.1 Å². The summed E-state index contributed by atoms with van der Waals surface area (Å²) in [6.07, 6.45) is 7.57. The molecule has 0 spiro atoms. The summed E-state index contributed by atoms with van der Waals surface area (Å²) in [6, 6.07) is 8.26. The first kappa shape index (κ1) is 16.5. The smallest absolute Gasteiger partial charge is 0.0438 e. The molecule has 0 aromatic heterocycles. The molecule has 1 atom stereocenters. The lowest BCUT2D eigenvalue weighted by atomic mass is 9.93. The summed E-state index contributed by atoms with van der Waals surface area (Å²) in [4.78, 5) is 0. The molecule has 1 nitrogen and oxygen atoms in total. The minimum Gasteiger partial charge on any atom is -0.316 e. The molecule has 0 heterocycles. The highest BCUT2D eigenvalue weighted by Crippen LogP contribution is 2.21. The minimum atomic E-state index is 0.706. The molecule has 0 radical (unpaired) electrons. The highest BCUT2D eigenvalue weighted by molar-refractivity contribution is 6.31. The molecule has 0 saturated heterocycles. The van der Waals surface area contributed by atoms with Gasteiger partial charge < -0.3 is 5.32 Å². The Kier molecular flexibility index (Phi) is 8.94. The van der Waals surface area contributed by atoms with E-state index in [2.05, 4.69) is 31.3 Å². The van der Waals surface area contributed by atoms with Crippen LogP contribution in [0.4, 0.5) is 0 Å². The Balaban J connectivity index is 2.49. The van der Waals surface area contributed by atoms with Gasteiger partial charge in [0.05, 0.1) is 0 Å². The SMILES string of the molecule is CCCCCC(CNCCC)Cc1ccccc1Cl. The zero-order valence-electron chi connectivity index (χ0n) is 12.4. The van der Waals surface area contributed by atoms with Gasteiger partial charge in [0.2, 0.25) is 0 Å². The van der Waals surface area contributed by atoms with E-state index < -0.39 is 0 Å². The van der Waals surface area contributed by atoms with Crippen LogP contribution in [0.3, 0.4) is 0 Å². The molecular weight excluding hydrogens is 254 g/mol. The number of hydrogen-bond acceptors (Lipinski definition) is 1. The maximum atomic E-state index is 6.27.